The maximum atomic E-state index is 5.32. The fourth-order valence-corrected chi connectivity index (χ4v) is 2.54. The zero-order valence-electron chi connectivity index (χ0n) is 11.6. The van der Waals surface area contributed by atoms with Gasteiger partial charge in [0.05, 0.1) is 6.54 Å². The van der Waals surface area contributed by atoms with Crippen LogP contribution in [0, 0.1) is 5.92 Å². The zero-order chi connectivity index (χ0) is 13.8. The predicted octanol–water partition coefficient (Wildman–Crippen LogP) is 1.17. The molecule has 2 aromatic rings. The Labute approximate surface area is 118 Å². The van der Waals surface area contributed by atoms with E-state index in [-0.39, 0.29) is 0 Å². The second kappa shape index (κ2) is 6.11. The van der Waals surface area contributed by atoms with Crippen molar-refractivity contribution in [3.05, 3.63) is 30.4 Å². The van der Waals surface area contributed by atoms with Gasteiger partial charge < -0.3 is 9.84 Å². The molecule has 1 aliphatic heterocycles. The van der Waals surface area contributed by atoms with E-state index in [1.54, 1.807) is 12.4 Å². The Bertz CT molecular complexity index is 536. The normalized spacial score (nSPS) is 18.8. The lowest BCUT2D eigenvalue weighted by Gasteiger charge is -2.18. The number of hydrogen-bond acceptors (Lipinski definition) is 6. The summed E-state index contributed by atoms with van der Waals surface area (Å²) in [6, 6.07) is 3.76. The molecule has 106 valence electrons. The van der Waals surface area contributed by atoms with Crippen molar-refractivity contribution in [1.29, 1.82) is 0 Å². The molecule has 0 spiro atoms. The van der Waals surface area contributed by atoms with Crippen LogP contribution in [0.2, 0.25) is 0 Å². The summed E-state index contributed by atoms with van der Waals surface area (Å²) >= 11 is 0. The highest BCUT2D eigenvalue weighted by Crippen LogP contribution is 2.15. The molecule has 1 aliphatic rings. The Kier molecular flexibility index (Phi) is 4.03. The lowest BCUT2D eigenvalue weighted by atomic mass is 10.1. The van der Waals surface area contributed by atoms with Gasteiger partial charge in [-0.15, -0.1) is 0 Å². The van der Waals surface area contributed by atoms with Gasteiger partial charge in [-0.25, -0.2) is 0 Å². The largest absolute Gasteiger partial charge is 0.338 e. The number of nitrogens with one attached hydrogen (secondary N) is 1. The van der Waals surface area contributed by atoms with Crippen molar-refractivity contribution in [3.63, 3.8) is 0 Å². The molecule has 3 rings (SSSR count). The second-order valence-corrected chi connectivity index (χ2v) is 5.30. The predicted molar refractivity (Wildman–Crippen MR) is 74.8 cm³/mol. The van der Waals surface area contributed by atoms with Crippen molar-refractivity contribution in [2.75, 3.05) is 26.7 Å². The molecule has 3 heterocycles. The van der Waals surface area contributed by atoms with E-state index in [0.29, 0.717) is 18.3 Å². The number of aromatic nitrogens is 3. The Hall–Kier alpha value is -1.79. The summed E-state index contributed by atoms with van der Waals surface area (Å²) < 4.78 is 5.32. The van der Waals surface area contributed by atoms with Gasteiger partial charge in [0, 0.05) is 24.5 Å². The molecular formula is C14H19N5O. The van der Waals surface area contributed by atoms with Crippen molar-refractivity contribution in [1.82, 2.24) is 25.3 Å². The number of hydrogen-bond donors (Lipinski definition) is 1. The Morgan fingerprint density at radius 1 is 1.40 bits per heavy atom. The molecular weight excluding hydrogens is 254 g/mol. The first kappa shape index (κ1) is 13.2. The molecule has 1 atom stereocenters. The monoisotopic (exact) mass is 273 g/mol. The van der Waals surface area contributed by atoms with E-state index in [2.05, 4.69) is 32.4 Å². The summed E-state index contributed by atoms with van der Waals surface area (Å²) in [4.78, 5) is 10.7. The van der Waals surface area contributed by atoms with E-state index in [1.165, 1.54) is 6.42 Å². The summed E-state index contributed by atoms with van der Waals surface area (Å²) in [6.45, 7) is 3.98. The molecule has 2 aromatic heterocycles. The fraction of sp³-hybridized carbons (Fsp3) is 0.500. The molecule has 0 aromatic carbocycles. The summed E-state index contributed by atoms with van der Waals surface area (Å²) in [6.07, 6.45) is 4.70. The lowest BCUT2D eigenvalue weighted by molar-refractivity contribution is 0.239. The van der Waals surface area contributed by atoms with Crippen molar-refractivity contribution in [2.24, 2.45) is 5.92 Å². The third-order valence-corrected chi connectivity index (χ3v) is 3.54. The van der Waals surface area contributed by atoms with Gasteiger partial charge in [0.15, 0.2) is 0 Å². The van der Waals surface area contributed by atoms with Crippen molar-refractivity contribution >= 4 is 0 Å². The van der Waals surface area contributed by atoms with E-state index in [0.717, 1.165) is 31.1 Å². The van der Waals surface area contributed by atoms with E-state index >= 15 is 0 Å². The molecule has 20 heavy (non-hydrogen) atoms. The standard InChI is InChI=1S/C14H19N5O/c1-19(9-11-2-5-16-8-11)10-13-17-14(18-20-13)12-3-6-15-7-4-12/h3-4,6-7,11,16H,2,5,8-10H2,1H3/t11-/m1/s1. The number of nitrogens with zero attached hydrogens (tertiary/aromatic N) is 4. The van der Waals surface area contributed by atoms with Crippen LogP contribution >= 0.6 is 0 Å². The van der Waals surface area contributed by atoms with Gasteiger partial charge in [-0.1, -0.05) is 5.16 Å². The van der Waals surface area contributed by atoms with Gasteiger partial charge in [0.25, 0.3) is 0 Å². The summed E-state index contributed by atoms with van der Waals surface area (Å²) in [5.41, 5.74) is 0.928. The zero-order valence-corrected chi connectivity index (χ0v) is 11.6. The number of rotatable bonds is 5. The number of pyridine rings is 1. The minimum atomic E-state index is 0.623. The van der Waals surface area contributed by atoms with Gasteiger partial charge >= 0.3 is 0 Å². The minimum absolute atomic E-state index is 0.623. The topological polar surface area (TPSA) is 67.1 Å². The van der Waals surface area contributed by atoms with Crippen LogP contribution in [-0.4, -0.2) is 46.7 Å². The third kappa shape index (κ3) is 3.20. The summed E-state index contributed by atoms with van der Waals surface area (Å²) in [7, 11) is 2.09. The first-order valence-electron chi connectivity index (χ1n) is 6.93. The first-order chi connectivity index (χ1) is 9.81. The molecule has 6 nitrogen and oxygen atoms in total. The highest BCUT2D eigenvalue weighted by molar-refractivity contribution is 5.52. The second-order valence-electron chi connectivity index (χ2n) is 5.30. The third-order valence-electron chi connectivity index (χ3n) is 3.54. The van der Waals surface area contributed by atoms with Crippen molar-refractivity contribution < 1.29 is 4.52 Å². The molecule has 0 radical (unpaired) electrons. The van der Waals surface area contributed by atoms with Gasteiger partial charge in [-0.2, -0.15) is 4.98 Å². The van der Waals surface area contributed by atoms with Gasteiger partial charge in [0.2, 0.25) is 11.7 Å². The van der Waals surface area contributed by atoms with Crippen LogP contribution in [-0.2, 0) is 6.54 Å². The molecule has 0 bridgehead atoms. The first-order valence-corrected chi connectivity index (χ1v) is 6.93. The molecule has 6 heteroatoms. The van der Waals surface area contributed by atoms with Crippen LogP contribution in [0.25, 0.3) is 11.4 Å². The van der Waals surface area contributed by atoms with E-state index < -0.39 is 0 Å². The quantitative estimate of drug-likeness (QED) is 0.882. The van der Waals surface area contributed by atoms with E-state index in [9.17, 15) is 0 Å². The molecule has 0 aliphatic carbocycles. The average Bonchev–Trinajstić information content (AvgIpc) is 3.11. The maximum Gasteiger partial charge on any atom is 0.241 e. The summed E-state index contributed by atoms with van der Waals surface area (Å²) in [5, 5.41) is 7.40. The van der Waals surface area contributed by atoms with Gasteiger partial charge in [-0.3, -0.25) is 9.88 Å². The minimum Gasteiger partial charge on any atom is -0.338 e. The van der Waals surface area contributed by atoms with Crippen LogP contribution in [0.3, 0.4) is 0 Å². The fourth-order valence-electron chi connectivity index (χ4n) is 2.54. The molecule has 1 fully saturated rings. The molecule has 0 amide bonds. The van der Waals surface area contributed by atoms with Gasteiger partial charge in [-0.05, 0) is 44.6 Å². The average molecular weight is 273 g/mol. The Morgan fingerprint density at radius 3 is 3.00 bits per heavy atom. The highest BCUT2D eigenvalue weighted by atomic mass is 16.5. The van der Waals surface area contributed by atoms with Crippen LogP contribution in [0.4, 0.5) is 0 Å². The molecule has 1 N–H and O–H groups in total. The summed E-state index contributed by atoms with van der Waals surface area (Å²) in [5.74, 6) is 2.01. The van der Waals surface area contributed by atoms with Crippen molar-refractivity contribution in [3.8, 4) is 11.4 Å². The molecule has 1 saturated heterocycles. The van der Waals surface area contributed by atoms with Crippen LogP contribution < -0.4 is 5.32 Å². The smallest absolute Gasteiger partial charge is 0.241 e. The lowest BCUT2D eigenvalue weighted by Crippen LogP contribution is -2.26. The Morgan fingerprint density at radius 2 is 2.25 bits per heavy atom. The van der Waals surface area contributed by atoms with Crippen LogP contribution in [0.5, 0.6) is 0 Å². The maximum absolute atomic E-state index is 5.32. The molecule has 0 unspecified atom stereocenters. The molecule has 0 saturated carbocycles. The van der Waals surface area contributed by atoms with Crippen LogP contribution in [0.15, 0.2) is 29.0 Å². The van der Waals surface area contributed by atoms with E-state index in [1.807, 2.05) is 12.1 Å². The van der Waals surface area contributed by atoms with Crippen LogP contribution in [0.1, 0.15) is 12.3 Å². The van der Waals surface area contributed by atoms with Gasteiger partial charge in [0.1, 0.15) is 0 Å². The highest BCUT2D eigenvalue weighted by Gasteiger charge is 2.18. The van der Waals surface area contributed by atoms with E-state index in [4.69, 9.17) is 4.52 Å². The van der Waals surface area contributed by atoms with Crippen molar-refractivity contribution in [2.45, 2.75) is 13.0 Å². The SMILES string of the molecule is CN(Cc1nc(-c2ccncc2)no1)C[C@@H]1CCNC1. The Balaban J connectivity index is 1.59.